The minimum atomic E-state index is -1.42. The molecule has 2 N–H and O–H groups in total. The number of benzene rings is 1. The highest BCUT2D eigenvalue weighted by atomic mass is 19.1. The van der Waals surface area contributed by atoms with Crippen molar-refractivity contribution in [3.05, 3.63) is 87.7 Å². The third-order valence-electron chi connectivity index (χ3n) is 6.02. The first-order chi connectivity index (χ1) is 16.8. The largest absolute Gasteiger partial charge is 0.477 e. The Bertz CT molecular complexity index is 1650. The molecular weight excluding hydrogens is 462 g/mol. The van der Waals surface area contributed by atoms with E-state index in [1.165, 1.54) is 23.0 Å². The van der Waals surface area contributed by atoms with Crippen molar-refractivity contribution in [2.24, 2.45) is 0 Å². The molecule has 0 fully saturated rings. The van der Waals surface area contributed by atoms with Gasteiger partial charge in [0.15, 0.2) is 5.78 Å². The number of pyridine rings is 1. The number of carbonyl (C=O) groups is 2. The molecule has 0 bridgehead atoms. The van der Waals surface area contributed by atoms with Gasteiger partial charge in [0, 0.05) is 41.9 Å². The molecular formula is C25H18F2N2O6. The van der Waals surface area contributed by atoms with E-state index >= 15 is 0 Å². The fourth-order valence-corrected chi connectivity index (χ4v) is 4.48. The van der Waals surface area contributed by atoms with E-state index in [4.69, 9.17) is 9.52 Å². The topological polar surface area (TPSA) is 115 Å². The molecule has 178 valence electrons. The van der Waals surface area contributed by atoms with Gasteiger partial charge in [0.05, 0.1) is 35.7 Å². The summed E-state index contributed by atoms with van der Waals surface area (Å²) >= 11 is 0. The zero-order chi connectivity index (χ0) is 24.9. The number of nitrogens with zero attached hydrogens (tertiary/aromatic N) is 2. The van der Waals surface area contributed by atoms with Gasteiger partial charge in [0.2, 0.25) is 0 Å². The molecule has 3 heterocycles. The van der Waals surface area contributed by atoms with Gasteiger partial charge in [-0.25, -0.2) is 13.6 Å². The number of fused-ring (bicyclic) bond motifs is 3. The minimum absolute atomic E-state index is 0.0378. The van der Waals surface area contributed by atoms with E-state index in [0.717, 1.165) is 22.9 Å². The molecule has 1 aliphatic rings. The van der Waals surface area contributed by atoms with Gasteiger partial charge in [-0.2, -0.15) is 0 Å². The van der Waals surface area contributed by atoms with Gasteiger partial charge < -0.3 is 23.8 Å². The normalized spacial score (nSPS) is 13.7. The molecule has 10 heteroatoms. The molecule has 0 spiro atoms. The lowest BCUT2D eigenvalue weighted by Gasteiger charge is -2.13. The summed E-state index contributed by atoms with van der Waals surface area (Å²) in [6.07, 6.45) is 6.96. The predicted octanol–water partition coefficient (Wildman–Crippen LogP) is 3.48. The summed E-state index contributed by atoms with van der Waals surface area (Å²) in [7, 11) is 0. The fraction of sp³-hybridized carbons (Fsp3) is 0.160. The highest BCUT2D eigenvalue weighted by molar-refractivity contribution is 6.29. The predicted molar refractivity (Wildman–Crippen MR) is 122 cm³/mol. The summed E-state index contributed by atoms with van der Waals surface area (Å²) in [4.78, 5) is 37.6. The molecule has 0 unspecified atom stereocenters. The number of carbonyl (C=O) groups excluding carboxylic acids is 1. The number of halogens is 2. The number of carboxylic acid groups (broad SMARTS) is 1. The van der Waals surface area contributed by atoms with E-state index in [0.29, 0.717) is 0 Å². The summed E-state index contributed by atoms with van der Waals surface area (Å²) in [5, 5.41) is 19.6. The van der Waals surface area contributed by atoms with Crippen LogP contribution in [0.4, 0.5) is 8.78 Å². The number of hydrogen-bond donors (Lipinski definition) is 2. The average Bonchev–Trinajstić information content (AvgIpc) is 3.41. The number of hydrogen-bond acceptors (Lipinski definition) is 5. The van der Waals surface area contributed by atoms with Gasteiger partial charge in [-0.3, -0.25) is 9.59 Å². The summed E-state index contributed by atoms with van der Waals surface area (Å²) in [6.45, 7) is -0.913. The third kappa shape index (κ3) is 3.58. The van der Waals surface area contributed by atoms with Gasteiger partial charge in [0.25, 0.3) is 5.56 Å². The smallest absolute Gasteiger partial charge is 0.353 e. The van der Waals surface area contributed by atoms with Crippen molar-refractivity contribution in [1.82, 2.24) is 9.13 Å². The van der Waals surface area contributed by atoms with Gasteiger partial charge in [0.1, 0.15) is 22.9 Å². The molecule has 0 radical (unpaired) electrons. The zero-order valence-electron chi connectivity index (χ0n) is 18.1. The molecule has 0 saturated heterocycles. The summed E-state index contributed by atoms with van der Waals surface area (Å²) in [5.41, 5.74) is -0.833. The number of carboxylic acids is 1. The molecule has 1 aliphatic carbocycles. The quantitative estimate of drug-likeness (QED) is 0.437. The second-order valence-electron chi connectivity index (χ2n) is 8.07. The molecule has 4 aromatic rings. The van der Waals surface area contributed by atoms with Crippen LogP contribution < -0.4 is 5.56 Å². The molecule has 8 nitrogen and oxygen atoms in total. The van der Waals surface area contributed by atoms with Crippen LogP contribution in [0.15, 0.2) is 58.1 Å². The monoisotopic (exact) mass is 480 g/mol. The number of aromatic carboxylic acids is 1. The molecule has 0 aliphatic heterocycles. The van der Waals surface area contributed by atoms with Gasteiger partial charge in [-0.1, -0.05) is 18.2 Å². The second kappa shape index (κ2) is 8.48. The van der Waals surface area contributed by atoms with E-state index in [1.807, 2.05) is 0 Å². The van der Waals surface area contributed by atoms with Gasteiger partial charge in [-0.05, 0) is 12.1 Å². The van der Waals surface area contributed by atoms with Crippen molar-refractivity contribution in [3.8, 4) is 0 Å². The van der Waals surface area contributed by atoms with Crippen LogP contribution in [-0.4, -0.2) is 37.7 Å². The lowest BCUT2D eigenvalue weighted by atomic mass is 9.93. The number of allylic oxidation sites excluding steroid dienone is 4. The molecule has 3 aromatic heterocycles. The average molecular weight is 480 g/mol. The first kappa shape index (κ1) is 22.5. The first-order valence-corrected chi connectivity index (χ1v) is 10.7. The Balaban J connectivity index is 1.85. The van der Waals surface area contributed by atoms with Crippen molar-refractivity contribution in [2.75, 3.05) is 6.61 Å². The van der Waals surface area contributed by atoms with Crippen LogP contribution in [-0.2, 0) is 17.9 Å². The van der Waals surface area contributed by atoms with Gasteiger partial charge >= 0.3 is 5.97 Å². The van der Waals surface area contributed by atoms with Crippen LogP contribution >= 0.6 is 0 Å². The number of aliphatic hydroxyl groups is 1. The van der Waals surface area contributed by atoms with Crippen molar-refractivity contribution in [1.29, 1.82) is 0 Å². The molecule has 0 saturated carbocycles. The van der Waals surface area contributed by atoms with Gasteiger partial charge in [-0.15, -0.1) is 0 Å². The number of ketones is 1. The Hall–Kier alpha value is -4.31. The zero-order valence-corrected chi connectivity index (χ0v) is 18.1. The third-order valence-corrected chi connectivity index (χ3v) is 6.02. The van der Waals surface area contributed by atoms with E-state index in [2.05, 4.69) is 0 Å². The van der Waals surface area contributed by atoms with E-state index in [9.17, 15) is 28.3 Å². The van der Waals surface area contributed by atoms with Crippen LogP contribution in [0.1, 0.15) is 28.0 Å². The van der Waals surface area contributed by atoms with E-state index in [1.54, 1.807) is 12.2 Å². The number of aromatic nitrogens is 2. The molecule has 0 atom stereocenters. The van der Waals surface area contributed by atoms with E-state index < -0.39 is 29.7 Å². The maximum absolute atomic E-state index is 14.9. The Kier molecular flexibility index (Phi) is 5.45. The van der Waals surface area contributed by atoms with Crippen molar-refractivity contribution in [2.45, 2.75) is 19.5 Å². The number of rotatable bonds is 6. The van der Waals surface area contributed by atoms with Crippen LogP contribution in [0.5, 0.6) is 0 Å². The number of furan rings is 1. The second-order valence-corrected chi connectivity index (χ2v) is 8.07. The Morgan fingerprint density at radius 3 is 2.69 bits per heavy atom. The SMILES string of the molecule is O=C1CC=CC=C1c1c(C(=O)O)n(Cc2cc(=O)n(CCO)cc2F)c2cc(F)c3ccoc3c12. The first-order valence-electron chi connectivity index (χ1n) is 10.7. The standard InChI is InChI=1S/C25H18F2N2O6/c26-16-10-18-22(24-14(16)5-8-35-24)21(15-3-1-2-4-19(15)31)23(25(33)34)29(18)11-13-9-20(32)28(6-7-30)12-17(13)27/h1-3,5,8-10,12,30H,4,6-7,11H2,(H,33,34). The molecule has 0 amide bonds. The van der Waals surface area contributed by atoms with Crippen molar-refractivity contribution >= 4 is 39.2 Å². The van der Waals surface area contributed by atoms with Crippen molar-refractivity contribution in [3.63, 3.8) is 0 Å². The number of aliphatic hydroxyl groups excluding tert-OH is 1. The number of Topliss-reactive ketones (excluding diaryl/α,β-unsaturated/α-hetero) is 1. The summed E-state index contributed by atoms with van der Waals surface area (Å²) in [5.74, 6) is -3.26. The highest BCUT2D eigenvalue weighted by Crippen LogP contribution is 2.40. The Morgan fingerprint density at radius 2 is 1.97 bits per heavy atom. The minimum Gasteiger partial charge on any atom is -0.477 e. The fourth-order valence-electron chi connectivity index (χ4n) is 4.48. The Labute approximate surface area is 195 Å². The molecule has 35 heavy (non-hydrogen) atoms. The molecule has 5 rings (SSSR count). The van der Waals surface area contributed by atoms with Crippen LogP contribution in [0.3, 0.4) is 0 Å². The lowest BCUT2D eigenvalue weighted by molar-refractivity contribution is -0.113. The lowest BCUT2D eigenvalue weighted by Crippen LogP contribution is -2.23. The summed E-state index contributed by atoms with van der Waals surface area (Å²) in [6, 6.07) is 3.50. The van der Waals surface area contributed by atoms with Crippen LogP contribution in [0, 0.1) is 11.6 Å². The maximum Gasteiger partial charge on any atom is 0.353 e. The highest BCUT2D eigenvalue weighted by Gasteiger charge is 2.31. The Morgan fingerprint density at radius 1 is 1.17 bits per heavy atom. The van der Waals surface area contributed by atoms with Crippen LogP contribution in [0.25, 0.3) is 27.4 Å². The van der Waals surface area contributed by atoms with Crippen molar-refractivity contribution < 1.29 is 33.0 Å². The van der Waals surface area contributed by atoms with E-state index in [-0.39, 0.29) is 69.6 Å². The maximum atomic E-state index is 14.9. The van der Waals surface area contributed by atoms with Crippen LogP contribution in [0.2, 0.25) is 0 Å². The molecule has 1 aromatic carbocycles. The summed E-state index contributed by atoms with van der Waals surface area (Å²) < 4.78 is 37.5.